The van der Waals surface area contributed by atoms with Gasteiger partial charge in [-0.3, -0.25) is 4.79 Å². The van der Waals surface area contributed by atoms with Crippen molar-refractivity contribution in [2.45, 2.75) is 13.3 Å². The third-order valence-electron chi connectivity index (χ3n) is 1.49. The summed E-state index contributed by atoms with van der Waals surface area (Å²) in [6, 6.07) is 0. The van der Waals surface area contributed by atoms with Crippen LogP contribution in [0.5, 0.6) is 0 Å². The molecule has 0 rings (SSSR count). The summed E-state index contributed by atoms with van der Waals surface area (Å²) in [6.45, 7) is 5.81. The number of quaternary nitrogens is 1. The SMILES string of the molecule is C=C/C=C(\C=C/[NH2+]C)CC(=O)OCC. The first-order chi connectivity index (χ1) is 6.74. The fourth-order valence-corrected chi connectivity index (χ4v) is 0.923. The summed E-state index contributed by atoms with van der Waals surface area (Å²) in [6.07, 6.45) is 7.52. The van der Waals surface area contributed by atoms with E-state index in [1.54, 1.807) is 19.1 Å². The first-order valence-electron chi connectivity index (χ1n) is 4.67. The van der Waals surface area contributed by atoms with E-state index in [2.05, 4.69) is 6.58 Å². The molecule has 0 atom stereocenters. The van der Waals surface area contributed by atoms with Gasteiger partial charge in [0.05, 0.1) is 26.3 Å². The Labute approximate surface area is 85.1 Å². The minimum Gasteiger partial charge on any atom is -0.466 e. The Morgan fingerprint density at radius 2 is 2.29 bits per heavy atom. The lowest BCUT2D eigenvalue weighted by Gasteiger charge is -2.01. The molecule has 14 heavy (non-hydrogen) atoms. The highest BCUT2D eigenvalue weighted by molar-refractivity contribution is 5.73. The molecule has 0 bridgehead atoms. The molecule has 0 aromatic rings. The van der Waals surface area contributed by atoms with E-state index in [-0.39, 0.29) is 5.97 Å². The molecule has 0 aliphatic heterocycles. The lowest BCUT2D eigenvalue weighted by atomic mass is 10.1. The maximum atomic E-state index is 11.1. The van der Waals surface area contributed by atoms with Gasteiger partial charge in [0.2, 0.25) is 0 Å². The van der Waals surface area contributed by atoms with E-state index in [0.717, 1.165) is 5.57 Å². The van der Waals surface area contributed by atoms with Crippen LogP contribution < -0.4 is 5.32 Å². The molecule has 0 unspecified atom stereocenters. The Balaban J connectivity index is 4.23. The third-order valence-corrected chi connectivity index (χ3v) is 1.49. The molecule has 0 aliphatic carbocycles. The maximum Gasteiger partial charge on any atom is 0.310 e. The highest BCUT2D eigenvalue weighted by Gasteiger charge is 2.03. The van der Waals surface area contributed by atoms with Crippen LogP contribution in [0.25, 0.3) is 0 Å². The van der Waals surface area contributed by atoms with E-state index in [0.29, 0.717) is 13.0 Å². The van der Waals surface area contributed by atoms with Crippen LogP contribution in [0.4, 0.5) is 0 Å². The van der Waals surface area contributed by atoms with Gasteiger partial charge >= 0.3 is 5.97 Å². The van der Waals surface area contributed by atoms with E-state index in [4.69, 9.17) is 4.74 Å². The molecule has 2 N–H and O–H groups in total. The largest absolute Gasteiger partial charge is 0.466 e. The molecule has 0 aliphatic rings. The summed E-state index contributed by atoms with van der Waals surface area (Å²) >= 11 is 0. The summed E-state index contributed by atoms with van der Waals surface area (Å²) in [4.78, 5) is 11.1. The molecular weight excluding hydrogens is 178 g/mol. The second-order valence-corrected chi connectivity index (χ2v) is 2.65. The monoisotopic (exact) mass is 196 g/mol. The fraction of sp³-hybridized carbons (Fsp3) is 0.364. The van der Waals surface area contributed by atoms with E-state index in [1.165, 1.54) is 0 Å². The molecule has 3 nitrogen and oxygen atoms in total. The Hall–Kier alpha value is -1.35. The zero-order valence-corrected chi connectivity index (χ0v) is 8.82. The van der Waals surface area contributed by atoms with E-state index >= 15 is 0 Å². The van der Waals surface area contributed by atoms with Crippen LogP contribution in [0.15, 0.2) is 36.6 Å². The number of carbonyl (C=O) groups excluding carboxylic acids is 1. The van der Waals surface area contributed by atoms with Gasteiger partial charge < -0.3 is 10.1 Å². The van der Waals surface area contributed by atoms with Crippen molar-refractivity contribution in [1.29, 1.82) is 0 Å². The molecule has 0 spiro atoms. The molecule has 0 saturated carbocycles. The topological polar surface area (TPSA) is 42.9 Å². The molecule has 0 aromatic carbocycles. The highest BCUT2D eigenvalue weighted by atomic mass is 16.5. The number of allylic oxidation sites excluding steroid dienone is 3. The smallest absolute Gasteiger partial charge is 0.310 e. The van der Waals surface area contributed by atoms with Crippen LogP contribution in [0, 0.1) is 0 Å². The van der Waals surface area contributed by atoms with Crippen LogP contribution in [-0.2, 0) is 9.53 Å². The van der Waals surface area contributed by atoms with Crippen molar-refractivity contribution >= 4 is 5.97 Å². The molecular formula is C11H18NO2+. The standard InChI is InChI=1S/C11H17NO2/c1-4-6-10(7-8-12-3)9-11(13)14-5-2/h4,6-8,12H,1,5,9H2,2-3H3/p+1/b8-7-,10-6+. The summed E-state index contributed by atoms with van der Waals surface area (Å²) in [5.74, 6) is -0.207. The van der Waals surface area contributed by atoms with Crippen molar-refractivity contribution in [3.63, 3.8) is 0 Å². The first kappa shape index (κ1) is 12.7. The van der Waals surface area contributed by atoms with Crippen LogP contribution in [0.3, 0.4) is 0 Å². The van der Waals surface area contributed by atoms with Crippen LogP contribution in [-0.4, -0.2) is 19.6 Å². The summed E-state index contributed by atoms with van der Waals surface area (Å²) in [7, 11) is 1.92. The number of carbonyl (C=O) groups is 1. The fourth-order valence-electron chi connectivity index (χ4n) is 0.923. The molecule has 3 heteroatoms. The highest BCUT2D eigenvalue weighted by Crippen LogP contribution is 2.04. The molecule has 0 heterocycles. The average molecular weight is 196 g/mol. The number of rotatable bonds is 6. The van der Waals surface area contributed by atoms with Crippen molar-refractivity contribution < 1.29 is 14.8 Å². The molecule has 78 valence electrons. The molecule has 0 amide bonds. The predicted molar refractivity (Wildman–Crippen MR) is 56.5 cm³/mol. The number of ether oxygens (including phenoxy) is 1. The zero-order valence-electron chi connectivity index (χ0n) is 8.82. The van der Waals surface area contributed by atoms with Crippen LogP contribution in [0.2, 0.25) is 0 Å². The number of hydrogen-bond donors (Lipinski definition) is 1. The molecule has 0 fully saturated rings. The Morgan fingerprint density at radius 3 is 2.79 bits per heavy atom. The van der Waals surface area contributed by atoms with Crippen molar-refractivity contribution in [3.05, 3.63) is 36.6 Å². The normalized spacial score (nSPS) is 11.7. The van der Waals surface area contributed by atoms with Crippen molar-refractivity contribution in [3.8, 4) is 0 Å². The van der Waals surface area contributed by atoms with Crippen molar-refractivity contribution in [2.75, 3.05) is 13.7 Å². The Morgan fingerprint density at radius 1 is 1.57 bits per heavy atom. The number of nitrogens with two attached hydrogens (primary N) is 1. The summed E-state index contributed by atoms with van der Waals surface area (Å²) < 4.78 is 4.84. The minimum atomic E-state index is -0.207. The van der Waals surface area contributed by atoms with Gasteiger partial charge in [0, 0.05) is 0 Å². The van der Waals surface area contributed by atoms with Gasteiger partial charge in [-0.1, -0.05) is 18.7 Å². The molecule has 0 radical (unpaired) electrons. The second-order valence-electron chi connectivity index (χ2n) is 2.65. The minimum absolute atomic E-state index is 0.207. The van der Waals surface area contributed by atoms with Gasteiger partial charge in [-0.15, -0.1) is 0 Å². The van der Waals surface area contributed by atoms with Gasteiger partial charge in [-0.05, 0) is 18.6 Å². The van der Waals surface area contributed by atoms with Crippen LogP contribution in [0.1, 0.15) is 13.3 Å². The van der Waals surface area contributed by atoms with Gasteiger partial charge in [0.1, 0.15) is 0 Å². The quantitative estimate of drug-likeness (QED) is 0.503. The second kappa shape index (κ2) is 8.26. The zero-order chi connectivity index (χ0) is 10.8. The predicted octanol–water partition coefficient (Wildman–Crippen LogP) is 0.759. The molecule has 0 aromatic heterocycles. The van der Waals surface area contributed by atoms with Crippen LogP contribution >= 0.6 is 0 Å². The first-order valence-corrected chi connectivity index (χ1v) is 4.67. The van der Waals surface area contributed by atoms with E-state index in [9.17, 15) is 4.79 Å². The van der Waals surface area contributed by atoms with E-state index < -0.39 is 0 Å². The Bertz CT molecular complexity index is 242. The average Bonchev–Trinajstić information content (AvgIpc) is 2.15. The lowest BCUT2D eigenvalue weighted by Crippen LogP contribution is -2.72. The van der Waals surface area contributed by atoms with Gasteiger partial charge in [0.25, 0.3) is 0 Å². The summed E-state index contributed by atoms with van der Waals surface area (Å²) in [5, 5.41) is 1.90. The van der Waals surface area contributed by atoms with Crippen molar-refractivity contribution in [2.24, 2.45) is 0 Å². The van der Waals surface area contributed by atoms with Gasteiger partial charge in [-0.2, -0.15) is 0 Å². The Kier molecular flexibility index (Phi) is 7.46. The van der Waals surface area contributed by atoms with Gasteiger partial charge in [-0.25, -0.2) is 0 Å². The summed E-state index contributed by atoms with van der Waals surface area (Å²) in [5.41, 5.74) is 0.900. The third kappa shape index (κ3) is 6.20. The van der Waals surface area contributed by atoms with Crippen molar-refractivity contribution in [1.82, 2.24) is 0 Å². The number of esters is 1. The molecule has 0 saturated heterocycles. The maximum absolute atomic E-state index is 11.1. The number of hydrogen-bond acceptors (Lipinski definition) is 2. The lowest BCUT2D eigenvalue weighted by molar-refractivity contribution is -0.556. The van der Waals surface area contributed by atoms with E-state index in [1.807, 2.05) is 24.6 Å². The van der Waals surface area contributed by atoms with Gasteiger partial charge in [0.15, 0.2) is 0 Å².